The first-order valence-corrected chi connectivity index (χ1v) is 10.7. The van der Waals surface area contributed by atoms with Gasteiger partial charge in [0.25, 0.3) is 5.91 Å². The SMILES string of the molecule is CCN(CC(=O)NC(C)C)C(=O)c1ccc(SCc2cn3ccccc3n2)cc1. The molecule has 0 radical (unpaired) electrons. The summed E-state index contributed by atoms with van der Waals surface area (Å²) in [5, 5.41) is 2.82. The van der Waals surface area contributed by atoms with Crippen LogP contribution >= 0.6 is 11.8 Å². The number of fused-ring (bicyclic) bond motifs is 1. The van der Waals surface area contributed by atoms with Gasteiger partial charge in [-0.15, -0.1) is 11.8 Å². The van der Waals surface area contributed by atoms with Gasteiger partial charge < -0.3 is 14.6 Å². The molecular formula is C22H26N4O2S. The summed E-state index contributed by atoms with van der Waals surface area (Å²) < 4.78 is 2.01. The van der Waals surface area contributed by atoms with Crippen molar-refractivity contribution in [3.63, 3.8) is 0 Å². The number of imidazole rings is 1. The van der Waals surface area contributed by atoms with Gasteiger partial charge >= 0.3 is 0 Å². The van der Waals surface area contributed by atoms with Gasteiger partial charge in [-0.3, -0.25) is 9.59 Å². The number of nitrogens with one attached hydrogen (secondary N) is 1. The number of hydrogen-bond acceptors (Lipinski definition) is 4. The Morgan fingerprint density at radius 3 is 2.59 bits per heavy atom. The second-order valence-electron chi connectivity index (χ2n) is 7.05. The van der Waals surface area contributed by atoms with Crippen molar-refractivity contribution in [3.05, 3.63) is 66.1 Å². The van der Waals surface area contributed by atoms with Crippen molar-refractivity contribution in [2.45, 2.75) is 37.5 Å². The predicted octanol–water partition coefficient (Wildman–Crippen LogP) is 3.61. The van der Waals surface area contributed by atoms with E-state index in [1.54, 1.807) is 16.7 Å². The van der Waals surface area contributed by atoms with Crippen LogP contribution in [0.5, 0.6) is 0 Å². The minimum absolute atomic E-state index is 0.0560. The molecule has 6 nitrogen and oxygen atoms in total. The molecule has 0 atom stereocenters. The molecule has 3 aromatic rings. The Labute approximate surface area is 175 Å². The summed E-state index contributed by atoms with van der Waals surface area (Å²) in [5.74, 6) is 0.476. The minimum Gasteiger partial charge on any atom is -0.352 e. The lowest BCUT2D eigenvalue weighted by atomic mass is 10.2. The number of likely N-dealkylation sites (N-methyl/N-ethyl adjacent to an activating group) is 1. The van der Waals surface area contributed by atoms with Gasteiger partial charge in [-0.05, 0) is 57.2 Å². The Bertz CT molecular complexity index is 949. The van der Waals surface area contributed by atoms with Gasteiger partial charge in [0, 0.05) is 41.2 Å². The quantitative estimate of drug-likeness (QED) is 0.576. The number of nitrogens with zero attached hydrogens (tertiary/aromatic N) is 3. The largest absolute Gasteiger partial charge is 0.352 e. The van der Waals surface area contributed by atoms with Crippen molar-refractivity contribution >= 4 is 29.2 Å². The first-order chi connectivity index (χ1) is 14.0. The molecule has 0 spiro atoms. The van der Waals surface area contributed by atoms with E-state index in [0.29, 0.717) is 12.1 Å². The summed E-state index contributed by atoms with van der Waals surface area (Å²) >= 11 is 1.68. The number of hydrogen-bond donors (Lipinski definition) is 1. The normalized spacial score (nSPS) is 11.0. The van der Waals surface area contributed by atoms with Crippen LogP contribution in [0.2, 0.25) is 0 Å². The molecule has 7 heteroatoms. The average Bonchev–Trinajstić information content (AvgIpc) is 3.13. The van der Waals surface area contributed by atoms with E-state index in [0.717, 1.165) is 22.0 Å². The third kappa shape index (κ3) is 5.60. The maximum Gasteiger partial charge on any atom is 0.254 e. The van der Waals surface area contributed by atoms with Gasteiger partial charge in [0.15, 0.2) is 0 Å². The van der Waals surface area contributed by atoms with Crippen molar-refractivity contribution in [3.8, 4) is 0 Å². The Hall–Kier alpha value is -2.80. The molecule has 0 unspecified atom stereocenters. The van der Waals surface area contributed by atoms with Crippen LogP contribution < -0.4 is 5.32 Å². The highest BCUT2D eigenvalue weighted by Crippen LogP contribution is 2.23. The second kappa shape index (κ2) is 9.60. The molecule has 0 aliphatic rings. The lowest BCUT2D eigenvalue weighted by Crippen LogP contribution is -2.42. The second-order valence-corrected chi connectivity index (χ2v) is 8.10. The summed E-state index contributed by atoms with van der Waals surface area (Å²) in [6, 6.07) is 13.5. The average molecular weight is 411 g/mol. The van der Waals surface area contributed by atoms with E-state index in [2.05, 4.69) is 10.3 Å². The number of amides is 2. The maximum atomic E-state index is 12.7. The van der Waals surface area contributed by atoms with Crippen LogP contribution in [0, 0.1) is 0 Å². The zero-order chi connectivity index (χ0) is 20.8. The summed E-state index contributed by atoms with van der Waals surface area (Å²) in [4.78, 5) is 31.9. The van der Waals surface area contributed by atoms with Crippen LogP contribution in [0.4, 0.5) is 0 Å². The summed E-state index contributed by atoms with van der Waals surface area (Å²) in [5.41, 5.74) is 2.53. The van der Waals surface area contributed by atoms with Gasteiger partial charge in [0.05, 0.1) is 12.2 Å². The fourth-order valence-electron chi connectivity index (χ4n) is 2.96. The van der Waals surface area contributed by atoms with Gasteiger partial charge in [-0.2, -0.15) is 0 Å². The van der Waals surface area contributed by atoms with E-state index >= 15 is 0 Å². The maximum absolute atomic E-state index is 12.7. The summed E-state index contributed by atoms with van der Waals surface area (Å²) in [7, 11) is 0. The van der Waals surface area contributed by atoms with Crippen LogP contribution in [0.25, 0.3) is 5.65 Å². The molecule has 0 fully saturated rings. The van der Waals surface area contributed by atoms with Gasteiger partial charge in [-0.25, -0.2) is 4.98 Å². The van der Waals surface area contributed by atoms with Crippen molar-refractivity contribution in [2.75, 3.05) is 13.1 Å². The number of carbonyl (C=O) groups is 2. The zero-order valence-corrected chi connectivity index (χ0v) is 17.8. The number of aromatic nitrogens is 2. The van der Waals surface area contributed by atoms with Gasteiger partial charge in [0.2, 0.25) is 5.91 Å². The fraction of sp³-hybridized carbons (Fsp3) is 0.318. The Balaban J connectivity index is 1.59. The molecule has 1 N–H and O–H groups in total. The van der Waals surface area contributed by atoms with E-state index < -0.39 is 0 Å². The number of thioether (sulfide) groups is 1. The fourth-order valence-corrected chi connectivity index (χ4v) is 3.74. The smallest absolute Gasteiger partial charge is 0.254 e. The Morgan fingerprint density at radius 2 is 1.93 bits per heavy atom. The highest BCUT2D eigenvalue weighted by atomic mass is 32.2. The molecule has 2 heterocycles. The van der Waals surface area contributed by atoms with Crippen LogP contribution in [0.1, 0.15) is 36.8 Å². The van der Waals surface area contributed by atoms with Gasteiger partial charge in [0.1, 0.15) is 5.65 Å². The van der Waals surface area contributed by atoms with Gasteiger partial charge in [-0.1, -0.05) is 6.07 Å². The molecule has 0 aliphatic heterocycles. The number of benzene rings is 1. The molecule has 3 rings (SSSR count). The van der Waals surface area contributed by atoms with E-state index in [4.69, 9.17) is 0 Å². The molecule has 29 heavy (non-hydrogen) atoms. The molecule has 2 amide bonds. The molecule has 2 aromatic heterocycles. The number of carbonyl (C=O) groups excluding carboxylic acids is 2. The first kappa shape index (κ1) is 20.9. The molecular weight excluding hydrogens is 384 g/mol. The molecule has 0 saturated heterocycles. The summed E-state index contributed by atoms with van der Waals surface area (Å²) in [6.45, 7) is 6.23. The third-order valence-electron chi connectivity index (χ3n) is 4.35. The van der Waals surface area contributed by atoms with Crippen LogP contribution in [0.15, 0.2) is 59.8 Å². The predicted molar refractivity (Wildman–Crippen MR) is 116 cm³/mol. The number of pyridine rings is 1. The first-order valence-electron chi connectivity index (χ1n) is 9.70. The van der Waals surface area contributed by atoms with E-state index in [9.17, 15) is 9.59 Å². The molecule has 0 aliphatic carbocycles. The Kier molecular flexibility index (Phi) is 6.93. The van der Waals surface area contributed by atoms with Crippen LogP contribution in [-0.2, 0) is 10.5 Å². The monoisotopic (exact) mass is 410 g/mol. The molecule has 0 bridgehead atoms. The summed E-state index contributed by atoms with van der Waals surface area (Å²) in [6.07, 6.45) is 4.01. The lowest BCUT2D eigenvalue weighted by molar-refractivity contribution is -0.122. The minimum atomic E-state index is -0.144. The van der Waals surface area contributed by atoms with Crippen molar-refractivity contribution in [1.29, 1.82) is 0 Å². The van der Waals surface area contributed by atoms with Crippen molar-refractivity contribution in [1.82, 2.24) is 19.6 Å². The highest BCUT2D eigenvalue weighted by Gasteiger charge is 2.17. The lowest BCUT2D eigenvalue weighted by Gasteiger charge is -2.21. The standard InChI is InChI=1S/C22H26N4O2S/c1-4-25(14-21(27)23-16(2)3)22(28)17-8-10-19(11-9-17)29-15-18-13-26-12-6-5-7-20(26)24-18/h5-13,16H,4,14-15H2,1-3H3,(H,23,27). The van der Waals surface area contributed by atoms with E-state index in [1.807, 2.05) is 80.0 Å². The Morgan fingerprint density at radius 1 is 1.17 bits per heavy atom. The van der Waals surface area contributed by atoms with E-state index in [1.165, 1.54) is 0 Å². The van der Waals surface area contributed by atoms with Crippen molar-refractivity contribution in [2.24, 2.45) is 0 Å². The molecule has 1 aromatic carbocycles. The molecule has 152 valence electrons. The number of rotatable bonds is 8. The zero-order valence-electron chi connectivity index (χ0n) is 17.0. The third-order valence-corrected chi connectivity index (χ3v) is 5.40. The van der Waals surface area contributed by atoms with E-state index in [-0.39, 0.29) is 24.4 Å². The van der Waals surface area contributed by atoms with Crippen LogP contribution in [-0.4, -0.2) is 45.2 Å². The topological polar surface area (TPSA) is 66.7 Å². The highest BCUT2D eigenvalue weighted by molar-refractivity contribution is 7.98. The van der Waals surface area contributed by atoms with Crippen LogP contribution in [0.3, 0.4) is 0 Å². The molecule has 0 saturated carbocycles. The van der Waals surface area contributed by atoms with Crippen molar-refractivity contribution < 1.29 is 9.59 Å².